The molecule has 0 aliphatic carbocycles. The largest absolute Gasteiger partial charge is 0.469 e. The zero-order chi connectivity index (χ0) is 23.8. The summed E-state index contributed by atoms with van der Waals surface area (Å²) in [6.45, 7) is 3.27. The molecule has 2 atom stereocenters. The predicted molar refractivity (Wildman–Crippen MR) is 124 cm³/mol. The number of carbonyl (C=O) groups is 1. The molecule has 8 nitrogen and oxygen atoms in total. The quantitative estimate of drug-likeness (QED) is 0.359. The summed E-state index contributed by atoms with van der Waals surface area (Å²) >= 11 is 0. The number of nitrogens with zero attached hydrogens (tertiary/aromatic N) is 3. The molecule has 34 heavy (non-hydrogen) atoms. The van der Waals surface area contributed by atoms with E-state index in [1.54, 1.807) is 6.20 Å². The molecule has 8 heteroatoms. The van der Waals surface area contributed by atoms with Gasteiger partial charge >= 0.3 is 5.97 Å². The first kappa shape index (κ1) is 23.7. The zero-order valence-electron chi connectivity index (χ0n) is 19.5. The van der Waals surface area contributed by atoms with Crippen LogP contribution in [0.15, 0.2) is 47.2 Å². The van der Waals surface area contributed by atoms with E-state index in [1.807, 2.05) is 48.0 Å². The van der Waals surface area contributed by atoms with Crippen molar-refractivity contribution in [2.75, 3.05) is 13.7 Å². The molecule has 3 heterocycles. The minimum atomic E-state index is -0.256. The van der Waals surface area contributed by atoms with Gasteiger partial charge in [0.1, 0.15) is 17.6 Å². The highest BCUT2D eigenvalue weighted by molar-refractivity contribution is 5.69. The van der Waals surface area contributed by atoms with Crippen LogP contribution >= 0.6 is 0 Å². The maximum Gasteiger partial charge on any atom is 0.306 e. The molecule has 0 radical (unpaired) electrons. The van der Waals surface area contributed by atoms with E-state index in [0.29, 0.717) is 25.1 Å². The molecule has 4 rings (SSSR count). The van der Waals surface area contributed by atoms with E-state index < -0.39 is 0 Å². The normalized spacial score (nSPS) is 16.5. The molecule has 0 saturated carbocycles. The number of aromatic nitrogens is 3. The van der Waals surface area contributed by atoms with E-state index in [9.17, 15) is 4.79 Å². The number of rotatable bonds is 8. The molecule has 1 aliphatic rings. The molecular formula is C26H29N3O5. The average Bonchev–Trinajstić information content (AvgIpc) is 3.53. The fourth-order valence-corrected chi connectivity index (χ4v) is 3.77. The van der Waals surface area contributed by atoms with Crippen LogP contribution in [-0.2, 0) is 25.5 Å². The topological polar surface area (TPSA) is 88.6 Å². The van der Waals surface area contributed by atoms with Gasteiger partial charge in [-0.05, 0) is 50.5 Å². The Morgan fingerprint density at radius 2 is 2.15 bits per heavy atom. The second-order valence-corrected chi connectivity index (χ2v) is 8.13. The number of hydrogen-bond acceptors (Lipinski definition) is 7. The van der Waals surface area contributed by atoms with Gasteiger partial charge in [0, 0.05) is 42.6 Å². The zero-order valence-corrected chi connectivity index (χ0v) is 19.5. The lowest BCUT2D eigenvalue weighted by Crippen LogP contribution is -2.24. The SMILES string of the molecule is COC(=O)CCC#Cc1ccc(-c2cc(Cn3ccnc3[C@H](C)OC3CCCCO3)no2)cc1. The Kier molecular flexibility index (Phi) is 8.12. The van der Waals surface area contributed by atoms with Gasteiger partial charge in [-0.15, -0.1) is 0 Å². The molecule has 2 aromatic heterocycles. The van der Waals surface area contributed by atoms with Gasteiger partial charge in [0.15, 0.2) is 12.1 Å². The summed E-state index contributed by atoms with van der Waals surface area (Å²) in [5.41, 5.74) is 2.57. The monoisotopic (exact) mass is 463 g/mol. The highest BCUT2D eigenvalue weighted by Gasteiger charge is 2.21. The van der Waals surface area contributed by atoms with Crippen LogP contribution in [0.25, 0.3) is 11.3 Å². The molecule has 0 bridgehead atoms. The molecule has 1 fully saturated rings. The van der Waals surface area contributed by atoms with Crippen LogP contribution in [0.3, 0.4) is 0 Å². The van der Waals surface area contributed by atoms with Gasteiger partial charge in [-0.3, -0.25) is 4.79 Å². The van der Waals surface area contributed by atoms with E-state index in [4.69, 9.17) is 14.0 Å². The second kappa shape index (κ2) is 11.6. The van der Waals surface area contributed by atoms with E-state index in [2.05, 4.69) is 26.7 Å². The molecule has 0 amide bonds. The maximum absolute atomic E-state index is 11.1. The molecule has 1 aliphatic heterocycles. The lowest BCUT2D eigenvalue weighted by atomic mass is 10.1. The number of ether oxygens (including phenoxy) is 3. The van der Waals surface area contributed by atoms with Crippen LogP contribution < -0.4 is 0 Å². The lowest BCUT2D eigenvalue weighted by molar-refractivity contribution is -0.188. The van der Waals surface area contributed by atoms with Crippen LogP contribution in [-0.4, -0.2) is 40.7 Å². The van der Waals surface area contributed by atoms with Crippen molar-refractivity contribution < 1.29 is 23.5 Å². The van der Waals surface area contributed by atoms with E-state index in [0.717, 1.165) is 48.5 Å². The standard InChI is InChI=1S/C26H29N3O5/c1-19(33-25-9-5-6-16-32-25)26-27-14-15-29(26)18-22-17-23(34-28-22)21-12-10-20(11-13-21)7-3-4-8-24(30)31-2/h10-15,17,19,25H,4-6,8-9,16,18H2,1-2H3/t19-,25?/m0/s1. The molecule has 1 saturated heterocycles. The number of hydrogen-bond donors (Lipinski definition) is 0. The Labute approximate surface area is 199 Å². The van der Waals surface area contributed by atoms with E-state index in [1.165, 1.54) is 7.11 Å². The number of benzene rings is 1. The summed E-state index contributed by atoms with van der Waals surface area (Å²) in [4.78, 5) is 15.6. The Morgan fingerprint density at radius 1 is 1.29 bits per heavy atom. The Bertz CT molecular complexity index is 1130. The van der Waals surface area contributed by atoms with Crippen LogP contribution in [0.2, 0.25) is 0 Å². The van der Waals surface area contributed by atoms with Gasteiger partial charge in [-0.25, -0.2) is 4.98 Å². The summed E-state index contributed by atoms with van der Waals surface area (Å²) in [5.74, 6) is 7.28. The Balaban J connectivity index is 1.36. The molecular weight excluding hydrogens is 434 g/mol. The minimum Gasteiger partial charge on any atom is -0.469 e. The third kappa shape index (κ3) is 6.34. The van der Waals surface area contributed by atoms with Crippen molar-refractivity contribution in [3.05, 3.63) is 59.8 Å². The van der Waals surface area contributed by atoms with Crippen molar-refractivity contribution in [3.8, 4) is 23.2 Å². The fourth-order valence-electron chi connectivity index (χ4n) is 3.77. The van der Waals surface area contributed by atoms with Gasteiger partial charge in [0.25, 0.3) is 0 Å². The first-order valence-corrected chi connectivity index (χ1v) is 11.5. The van der Waals surface area contributed by atoms with Crippen molar-refractivity contribution in [2.24, 2.45) is 0 Å². The molecule has 1 aromatic carbocycles. The molecule has 1 unspecified atom stereocenters. The third-order valence-electron chi connectivity index (χ3n) is 5.58. The van der Waals surface area contributed by atoms with Crippen LogP contribution in [0.1, 0.15) is 62.2 Å². The number of carbonyl (C=O) groups excluding carboxylic acids is 1. The average molecular weight is 464 g/mol. The fraction of sp³-hybridized carbons (Fsp3) is 0.423. The number of imidazole rings is 1. The summed E-state index contributed by atoms with van der Waals surface area (Å²) < 4.78 is 24.0. The first-order valence-electron chi connectivity index (χ1n) is 11.5. The first-order chi connectivity index (χ1) is 16.6. The van der Waals surface area contributed by atoms with Gasteiger partial charge < -0.3 is 23.3 Å². The Morgan fingerprint density at radius 3 is 2.91 bits per heavy atom. The van der Waals surface area contributed by atoms with Crippen molar-refractivity contribution in [2.45, 2.75) is 58.0 Å². The van der Waals surface area contributed by atoms with E-state index in [-0.39, 0.29) is 18.4 Å². The number of methoxy groups -OCH3 is 1. The molecule has 3 aromatic rings. The smallest absolute Gasteiger partial charge is 0.306 e. The van der Waals surface area contributed by atoms with Crippen molar-refractivity contribution in [1.82, 2.24) is 14.7 Å². The van der Waals surface area contributed by atoms with Crippen LogP contribution in [0, 0.1) is 11.8 Å². The summed E-state index contributed by atoms with van der Waals surface area (Å²) in [6.07, 6.45) is 7.20. The summed E-state index contributed by atoms with van der Waals surface area (Å²) in [6, 6.07) is 9.65. The van der Waals surface area contributed by atoms with Crippen LogP contribution in [0.5, 0.6) is 0 Å². The highest BCUT2D eigenvalue weighted by atomic mass is 16.7. The maximum atomic E-state index is 11.1. The molecule has 0 spiro atoms. The van der Waals surface area contributed by atoms with E-state index >= 15 is 0 Å². The highest BCUT2D eigenvalue weighted by Crippen LogP contribution is 2.25. The number of esters is 1. The predicted octanol–water partition coefficient (Wildman–Crippen LogP) is 4.50. The second-order valence-electron chi connectivity index (χ2n) is 8.13. The van der Waals surface area contributed by atoms with Gasteiger partial charge in [-0.2, -0.15) is 0 Å². The van der Waals surface area contributed by atoms with Crippen molar-refractivity contribution in [1.29, 1.82) is 0 Å². The molecule has 0 N–H and O–H groups in total. The van der Waals surface area contributed by atoms with Crippen molar-refractivity contribution in [3.63, 3.8) is 0 Å². The molecule has 178 valence electrons. The van der Waals surface area contributed by atoms with Crippen LogP contribution in [0.4, 0.5) is 0 Å². The lowest BCUT2D eigenvalue weighted by Gasteiger charge is -2.26. The third-order valence-corrected chi connectivity index (χ3v) is 5.58. The van der Waals surface area contributed by atoms with Crippen molar-refractivity contribution >= 4 is 5.97 Å². The summed E-state index contributed by atoms with van der Waals surface area (Å²) in [5, 5.41) is 4.23. The van der Waals surface area contributed by atoms with Gasteiger partial charge in [0.05, 0.1) is 20.1 Å². The minimum absolute atomic E-state index is 0.173. The van der Waals surface area contributed by atoms with Gasteiger partial charge in [-0.1, -0.05) is 17.0 Å². The summed E-state index contributed by atoms with van der Waals surface area (Å²) in [7, 11) is 1.38. The van der Waals surface area contributed by atoms with Gasteiger partial charge in [0.2, 0.25) is 0 Å². The Hall–Kier alpha value is -3.41.